The number of hydrogen-bond acceptors (Lipinski definition) is 5. The van der Waals surface area contributed by atoms with Crippen molar-refractivity contribution in [2.45, 2.75) is 45.1 Å². The van der Waals surface area contributed by atoms with Crippen LogP contribution in [0.15, 0.2) is 30.3 Å². The second kappa shape index (κ2) is 9.70. The van der Waals surface area contributed by atoms with Crippen LogP contribution in [0.5, 0.6) is 0 Å². The highest BCUT2D eigenvalue weighted by Gasteiger charge is 2.35. The molecule has 26 heavy (non-hydrogen) atoms. The van der Waals surface area contributed by atoms with Crippen LogP contribution in [0.1, 0.15) is 39.2 Å². The quantitative estimate of drug-likeness (QED) is 0.725. The van der Waals surface area contributed by atoms with Crippen LogP contribution in [0.2, 0.25) is 0 Å². The molecule has 0 radical (unpaired) electrons. The first-order valence-corrected chi connectivity index (χ1v) is 9.62. The van der Waals surface area contributed by atoms with Crippen molar-refractivity contribution in [2.24, 2.45) is 5.92 Å². The summed E-state index contributed by atoms with van der Waals surface area (Å²) in [4.78, 5) is 14.2. The van der Waals surface area contributed by atoms with Crippen LogP contribution in [0.25, 0.3) is 0 Å². The maximum Gasteiger partial charge on any atom is 0.324 e. The molecule has 142 valence electrons. The van der Waals surface area contributed by atoms with E-state index >= 15 is 0 Å². The number of hydrogen-bond donors (Lipinski definition) is 1. The minimum Gasteiger partial charge on any atom is -0.465 e. The fourth-order valence-electron chi connectivity index (χ4n) is 3.75. The van der Waals surface area contributed by atoms with E-state index in [0.717, 1.165) is 38.0 Å². The van der Waals surface area contributed by atoms with Gasteiger partial charge in [0.05, 0.1) is 18.1 Å². The highest BCUT2D eigenvalue weighted by Crippen LogP contribution is 2.36. The summed E-state index contributed by atoms with van der Waals surface area (Å²) < 4.78 is 5.12. The van der Waals surface area contributed by atoms with Crippen molar-refractivity contribution in [3.8, 4) is 6.07 Å². The van der Waals surface area contributed by atoms with Crippen molar-refractivity contribution in [1.82, 2.24) is 10.2 Å². The average Bonchev–Trinajstić information content (AvgIpc) is 2.66. The van der Waals surface area contributed by atoms with Crippen molar-refractivity contribution < 1.29 is 9.53 Å². The predicted molar refractivity (Wildman–Crippen MR) is 103 cm³/mol. The SMILES string of the molecule is CCOC(=O)C1CN(CCCC(C#N)(c2ccccc2)C(C)C)CCN1. The van der Waals surface area contributed by atoms with Gasteiger partial charge in [-0.2, -0.15) is 5.26 Å². The van der Waals surface area contributed by atoms with E-state index in [-0.39, 0.29) is 17.9 Å². The van der Waals surface area contributed by atoms with Gasteiger partial charge in [-0.3, -0.25) is 9.69 Å². The lowest BCUT2D eigenvalue weighted by Gasteiger charge is -2.35. The third-order valence-corrected chi connectivity index (χ3v) is 5.35. The molecule has 1 heterocycles. The summed E-state index contributed by atoms with van der Waals surface area (Å²) >= 11 is 0. The van der Waals surface area contributed by atoms with Gasteiger partial charge in [0, 0.05) is 19.6 Å². The van der Waals surface area contributed by atoms with Crippen LogP contribution in [-0.2, 0) is 14.9 Å². The zero-order chi connectivity index (χ0) is 19.0. The van der Waals surface area contributed by atoms with Crippen molar-refractivity contribution >= 4 is 5.97 Å². The van der Waals surface area contributed by atoms with Crippen molar-refractivity contribution in [3.63, 3.8) is 0 Å². The molecule has 0 amide bonds. The molecule has 1 aromatic carbocycles. The lowest BCUT2D eigenvalue weighted by molar-refractivity contribution is -0.146. The van der Waals surface area contributed by atoms with Gasteiger partial charge in [0.2, 0.25) is 0 Å². The van der Waals surface area contributed by atoms with Gasteiger partial charge in [-0.1, -0.05) is 44.2 Å². The molecule has 0 saturated carbocycles. The summed E-state index contributed by atoms with van der Waals surface area (Å²) in [6.45, 7) is 9.75. The van der Waals surface area contributed by atoms with E-state index in [4.69, 9.17) is 4.74 Å². The second-order valence-electron chi connectivity index (χ2n) is 7.27. The molecule has 5 heteroatoms. The van der Waals surface area contributed by atoms with E-state index < -0.39 is 5.41 Å². The van der Waals surface area contributed by atoms with Crippen molar-refractivity contribution in [2.75, 3.05) is 32.8 Å². The summed E-state index contributed by atoms with van der Waals surface area (Å²) in [5.41, 5.74) is 0.637. The Hall–Kier alpha value is -1.90. The van der Waals surface area contributed by atoms with Crippen LogP contribution in [0.3, 0.4) is 0 Å². The normalized spacial score (nSPS) is 20.3. The molecule has 1 aromatic rings. The predicted octanol–water partition coefficient (Wildman–Crippen LogP) is 2.72. The Bertz CT molecular complexity index is 611. The molecule has 2 rings (SSSR count). The number of piperazine rings is 1. The summed E-state index contributed by atoms with van der Waals surface area (Å²) in [6, 6.07) is 12.5. The zero-order valence-electron chi connectivity index (χ0n) is 16.2. The molecule has 0 spiro atoms. The zero-order valence-corrected chi connectivity index (χ0v) is 16.2. The second-order valence-corrected chi connectivity index (χ2v) is 7.27. The minimum absolute atomic E-state index is 0.171. The van der Waals surface area contributed by atoms with Crippen LogP contribution in [0.4, 0.5) is 0 Å². The Morgan fingerprint density at radius 1 is 1.42 bits per heavy atom. The summed E-state index contributed by atoms with van der Waals surface area (Å²) in [7, 11) is 0. The Kier molecular flexibility index (Phi) is 7.62. The van der Waals surface area contributed by atoms with Crippen LogP contribution < -0.4 is 5.32 Å². The molecular weight excluding hydrogens is 326 g/mol. The Morgan fingerprint density at radius 3 is 2.77 bits per heavy atom. The Labute approximate surface area is 157 Å². The molecule has 2 unspecified atom stereocenters. The summed E-state index contributed by atoms with van der Waals surface area (Å²) in [6.07, 6.45) is 1.75. The number of benzene rings is 1. The van der Waals surface area contributed by atoms with E-state index in [1.165, 1.54) is 0 Å². The third-order valence-electron chi connectivity index (χ3n) is 5.35. The Balaban J connectivity index is 1.96. The molecule has 0 aliphatic carbocycles. The molecule has 1 fully saturated rings. The number of nitriles is 1. The summed E-state index contributed by atoms with van der Waals surface area (Å²) in [5, 5.41) is 13.2. The number of nitrogens with zero attached hydrogens (tertiary/aromatic N) is 2. The van der Waals surface area contributed by atoms with Gasteiger partial charge in [0.1, 0.15) is 6.04 Å². The lowest BCUT2D eigenvalue weighted by Crippen LogP contribution is -2.54. The third kappa shape index (κ3) is 4.84. The van der Waals surface area contributed by atoms with E-state index in [2.05, 4.69) is 42.3 Å². The highest BCUT2D eigenvalue weighted by molar-refractivity contribution is 5.76. The molecular formula is C21H31N3O2. The molecule has 5 nitrogen and oxygen atoms in total. The largest absolute Gasteiger partial charge is 0.465 e. The van der Waals surface area contributed by atoms with Crippen LogP contribution in [0, 0.1) is 17.2 Å². The van der Waals surface area contributed by atoms with E-state index in [0.29, 0.717) is 13.2 Å². The first-order chi connectivity index (χ1) is 12.5. The van der Waals surface area contributed by atoms with Gasteiger partial charge < -0.3 is 10.1 Å². The maximum atomic E-state index is 11.9. The summed E-state index contributed by atoms with van der Waals surface area (Å²) in [5.74, 6) is 0.0697. The minimum atomic E-state index is -0.462. The molecule has 0 bridgehead atoms. The monoisotopic (exact) mass is 357 g/mol. The number of esters is 1. The first-order valence-electron chi connectivity index (χ1n) is 9.62. The van der Waals surface area contributed by atoms with Gasteiger partial charge in [0.25, 0.3) is 0 Å². The van der Waals surface area contributed by atoms with Gasteiger partial charge in [-0.15, -0.1) is 0 Å². The van der Waals surface area contributed by atoms with Gasteiger partial charge in [-0.05, 0) is 37.8 Å². The molecule has 1 aliphatic rings. The number of rotatable bonds is 8. The molecule has 0 aromatic heterocycles. The van der Waals surface area contributed by atoms with Crippen LogP contribution in [-0.4, -0.2) is 49.7 Å². The molecule has 2 atom stereocenters. The van der Waals surface area contributed by atoms with Gasteiger partial charge >= 0.3 is 5.97 Å². The molecule has 1 N–H and O–H groups in total. The number of nitrogens with one attached hydrogen (secondary N) is 1. The van der Waals surface area contributed by atoms with E-state index in [1.807, 2.05) is 25.1 Å². The van der Waals surface area contributed by atoms with Crippen molar-refractivity contribution in [3.05, 3.63) is 35.9 Å². The topological polar surface area (TPSA) is 65.4 Å². The van der Waals surface area contributed by atoms with Crippen LogP contribution >= 0.6 is 0 Å². The first kappa shape index (κ1) is 20.4. The van der Waals surface area contributed by atoms with Crippen molar-refractivity contribution in [1.29, 1.82) is 5.26 Å². The molecule has 1 aliphatic heterocycles. The van der Waals surface area contributed by atoms with Gasteiger partial charge in [-0.25, -0.2) is 0 Å². The maximum absolute atomic E-state index is 11.9. The van der Waals surface area contributed by atoms with E-state index in [1.54, 1.807) is 0 Å². The fourth-order valence-corrected chi connectivity index (χ4v) is 3.75. The number of ether oxygens (including phenoxy) is 1. The Morgan fingerprint density at radius 2 is 2.15 bits per heavy atom. The fraction of sp³-hybridized carbons (Fsp3) is 0.619. The smallest absolute Gasteiger partial charge is 0.324 e. The highest BCUT2D eigenvalue weighted by atomic mass is 16.5. The number of carbonyl (C=O) groups excluding carboxylic acids is 1. The molecule has 1 saturated heterocycles. The van der Waals surface area contributed by atoms with E-state index in [9.17, 15) is 10.1 Å². The lowest BCUT2D eigenvalue weighted by atomic mass is 9.70. The number of carbonyl (C=O) groups is 1. The average molecular weight is 357 g/mol. The standard InChI is InChI=1S/C21H31N3O2/c1-4-26-20(25)19-15-24(14-12-23-19)13-8-11-21(16-22,17(2)3)18-9-6-5-7-10-18/h5-7,9-10,17,19,23H,4,8,11-15H2,1-3H3. The van der Waals surface area contributed by atoms with Gasteiger partial charge in [0.15, 0.2) is 0 Å².